The summed E-state index contributed by atoms with van der Waals surface area (Å²) in [5.74, 6) is 0. The molecule has 4 amide bonds. The van der Waals surface area contributed by atoms with Gasteiger partial charge in [0, 0.05) is 13.1 Å². The summed E-state index contributed by atoms with van der Waals surface area (Å²) in [4.78, 5) is 47.0. The molecule has 1 saturated heterocycles. The average molecular weight is 426 g/mol. The number of carbonyl (C=O) groups excluding carboxylic acids is 3. The van der Waals surface area contributed by atoms with E-state index in [1.807, 2.05) is 5.51 Å². The van der Waals surface area contributed by atoms with Crippen molar-refractivity contribution in [3.05, 3.63) is 28.7 Å². The highest BCUT2D eigenvalue weighted by molar-refractivity contribution is 7.09. The van der Waals surface area contributed by atoms with Crippen molar-refractivity contribution < 1.29 is 24.0 Å². The summed E-state index contributed by atoms with van der Waals surface area (Å²) >= 11 is 1.59. The van der Waals surface area contributed by atoms with Gasteiger partial charge < -0.3 is 15.4 Å². The number of rotatable bonds is 6. The van der Waals surface area contributed by atoms with E-state index in [1.54, 1.807) is 43.1 Å². The van der Waals surface area contributed by atoms with Gasteiger partial charge in [0.05, 0.1) is 35.8 Å². The van der Waals surface area contributed by atoms with Gasteiger partial charge in [0.1, 0.15) is 11.6 Å². The van der Waals surface area contributed by atoms with E-state index < -0.39 is 11.7 Å². The molecule has 0 radical (unpaired) electrons. The number of fused-ring (bicyclic) bond motifs is 4. The molecule has 0 unspecified atom stereocenters. The van der Waals surface area contributed by atoms with Crippen molar-refractivity contribution in [3.8, 4) is 0 Å². The first-order valence-corrected chi connectivity index (χ1v) is 9.99. The van der Waals surface area contributed by atoms with E-state index in [0.717, 1.165) is 15.5 Å². The first kappa shape index (κ1) is 22.8. The highest BCUT2D eigenvalue weighted by Gasteiger charge is 2.45. The van der Waals surface area contributed by atoms with Crippen LogP contribution < -0.4 is 5.73 Å². The van der Waals surface area contributed by atoms with E-state index in [4.69, 9.17) is 15.3 Å². The van der Waals surface area contributed by atoms with Crippen LogP contribution in [0.4, 0.5) is 9.59 Å². The zero-order valence-electron chi connectivity index (χ0n) is 16.9. The number of imide groups is 1. The lowest BCUT2D eigenvalue weighted by atomic mass is 10.1. The van der Waals surface area contributed by atoms with Crippen molar-refractivity contribution in [3.63, 3.8) is 0 Å². The minimum Gasteiger partial charge on any atom is -0.443 e. The lowest BCUT2D eigenvalue weighted by Gasteiger charge is -2.23. The molecule has 0 aliphatic carbocycles. The fraction of sp³-hybridized carbons (Fsp3) is 0.556. The molecule has 1 aromatic rings. The van der Waals surface area contributed by atoms with Crippen molar-refractivity contribution in [1.29, 1.82) is 0 Å². The Morgan fingerprint density at radius 2 is 2.24 bits per heavy atom. The van der Waals surface area contributed by atoms with Crippen LogP contribution in [0.5, 0.6) is 0 Å². The Morgan fingerprint density at radius 3 is 2.83 bits per heavy atom. The Balaban J connectivity index is 0.000000213. The Bertz CT molecular complexity index is 747. The Morgan fingerprint density at radius 1 is 1.52 bits per heavy atom. The lowest BCUT2D eigenvalue weighted by molar-refractivity contribution is -0.118. The maximum atomic E-state index is 11.9. The second-order valence-corrected chi connectivity index (χ2v) is 8.21. The second kappa shape index (κ2) is 9.81. The Labute approximate surface area is 173 Å². The minimum absolute atomic E-state index is 0.00343. The quantitative estimate of drug-likeness (QED) is 0.546. The number of hydrogen-bond donors (Lipinski definition) is 1. The molecule has 3 rings (SSSR count). The summed E-state index contributed by atoms with van der Waals surface area (Å²) in [6, 6.07) is -0.0687. The molecule has 2 aliphatic rings. The molecule has 160 valence electrons. The van der Waals surface area contributed by atoms with Crippen LogP contribution in [0.25, 0.3) is 0 Å². The zero-order valence-corrected chi connectivity index (χ0v) is 17.7. The SMILES string of the molecule is C=CCON1C(=O)N2Cc3ncsc3[C@@H]1C2.CC(C)(C)OC(=O)N(C=O)CCN. The van der Waals surface area contributed by atoms with Crippen molar-refractivity contribution in [1.82, 2.24) is 19.8 Å². The molecular formula is C18H27N5O5S. The fourth-order valence-corrected chi connectivity index (χ4v) is 3.60. The molecule has 0 spiro atoms. The molecule has 0 aromatic carbocycles. The third-order valence-corrected chi connectivity index (χ3v) is 4.88. The number of urea groups is 1. The molecule has 1 fully saturated rings. The van der Waals surface area contributed by atoms with Crippen LogP contribution >= 0.6 is 11.3 Å². The topological polar surface area (TPSA) is 118 Å². The monoisotopic (exact) mass is 425 g/mol. The van der Waals surface area contributed by atoms with Crippen LogP contribution in [-0.4, -0.2) is 70.2 Å². The molecule has 10 nitrogen and oxygen atoms in total. The normalized spacial score (nSPS) is 17.2. The summed E-state index contributed by atoms with van der Waals surface area (Å²) < 4.78 is 4.94. The maximum absolute atomic E-state index is 11.9. The number of thiazole rings is 1. The van der Waals surface area contributed by atoms with E-state index in [9.17, 15) is 14.4 Å². The number of aromatic nitrogens is 1. The van der Waals surface area contributed by atoms with Gasteiger partial charge in [-0.1, -0.05) is 6.08 Å². The van der Waals surface area contributed by atoms with E-state index in [0.29, 0.717) is 26.1 Å². The molecule has 2 N–H and O–H groups in total. The van der Waals surface area contributed by atoms with Crippen molar-refractivity contribution in [2.24, 2.45) is 5.73 Å². The predicted molar refractivity (Wildman–Crippen MR) is 107 cm³/mol. The maximum Gasteiger partial charge on any atom is 0.416 e. The number of nitrogens with zero attached hydrogens (tertiary/aromatic N) is 4. The number of ether oxygens (including phenoxy) is 1. The summed E-state index contributed by atoms with van der Waals surface area (Å²) in [6.07, 6.45) is 1.40. The second-order valence-electron chi connectivity index (χ2n) is 7.32. The van der Waals surface area contributed by atoms with Crippen LogP contribution in [0.15, 0.2) is 18.2 Å². The molecule has 2 aliphatic heterocycles. The standard InChI is InChI=1S/C10H11N3O2S.C8H16N2O3/c1-2-3-15-13-8-5-12(10(13)14)4-7-9(8)16-6-11-7;1-8(2,3)13-7(12)10(6-11)5-4-9/h2,6,8H,1,3-5H2;6H,4-5,9H2,1-3H3/t8-;/m0./s1. The number of nitrogens with two attached hydrogens (primary N) is 1. The highest BCUT2D eigenvalue weighted by atomic mass is 32.1. The molecule has 29 heavy (non-hydrogen) atoms. The Kier molecular flexibility index (Phi) is 7.71. The minimum atomic E-state index is -0.659. The molecule has 1 aromatic heterocycles. The number of hydrogen-bond acceptors (Lipinski definition) is 8. The smallest absolute Gasteiger partial charge is 0.416 e. The first-order chi connectivity index (χ1) is 13.7. The highest BCUT2D eigenvalue weighted by Crippen LogP contribution is 2.39. The van der Waals surface area contributed by atoms with Crippen LogP contribution in [0.1, 0.15) is 37.4 Å². The van der Waals surface area contributed by atoms with Gasteiger partial charge in [-0.3, -0.25) is 9.63 Å². The summed E-state index contributed by atoms with van der Waals surface area (Å²) in [5, 5.41) is 1.45. The van der Waals surface area contributed by atoms with Gasteiger partial charge in [0.25, 0.3) is 0 Å². The third kappa shape index (κ3) is 5.75. The number of hydroxylamine groups is 2. The van der Waals surface area contributed by atoms with Crippen molar-refractivity contribution in [2.75, 3.05) is 26.2 Å². The predicted octanol–water partition coefficient (Wildman–Crippen LogP) is 1.89. The average Bonchev–Trinajstić information content (AvgIpc) is 3.22. The van der Waals surface area contributed by atoms with Gasteiger partial charge in [-0.15, -0.1) is 17.9 Å². The van der Waals surface area contributed by atoms with Gasteiger partial charge in [-0.25, -0.2) is 19.5 Å². The number of carbonyl (C=O) groups is 3. The van der Waals surface area contributed by atoms with Gasteiger partial charge in [0.2, 0.25) is 6.41 Å². The van der Waals surface area contributed by atoms with E-state index in [1.165, 1.54) is 5.06 Å². The van der Waals surface area contributed by atoms with Crippen LogP contribution in [-0.2, 0) is 20.9 Å². The van der Waals surface area contributed by atoms with Crippen LogP contribution in [0, 0.1) is 0 Å². The van der Waals surface area contributed by atoms with Crippen molar-refractivity contribution >= 4 is 29.9 Å². The molecule has 0 saturated carbocycles. The van der Waals surface area contributed by atoms with Crippen LogP contribution in [0.2, 0.25) is 0 Å². The summed E-state index contributed by atoms with van der Waals surface area (Å²) in [6.45, 7) is 10.8. The van der Waals surface area contributed by atoms with E-state index in [2.05, 4.69) is 11.6 Å². The van der Waals surface area contributed by atoms with Gasteiger partial charge in [-0.2, -0.15) is 5.06 Å². The van der Waals surface area contributed by atoms with Crippen LogP contribution in [0.3, 0.4) is 0 Å². The largest absolute Gasteiger partial charge is 0.443 e. The van der Waals surface area contributed by atoms with Gasteiger partial charge in [-0.05, 0) is 20.8 Å². The molecule has 2 bridgehead atoms. The van der Waals surface area contributed by atoms with Crippen molar-refractivity contribution in [2.45, 2.75) is 39.0 Å². The third-order valence-electron chi connectivity index (χ3n) is 3.91. The fourth-order valence-electron chi connectivity index (χ4n) is 2.73. The van der Waals surface area contributed by atoms with Gasteiger partial charge in [0.15, 0.2) is 0 Å². The molecule has 1 atom stereocenters. The Hall–Kier alpha value is -2.50. The molecule has 3 heterocycles. The number of amides is 4. The summed E-state index contributed by atoms with van der Waals surface area (Å²) in [5.41, 5.74) is 7.43. The van der Waals surface area contributed by atoms with Gasteiger partial charge >= 0.3 is 12.1 Å². The van der Waals surface area contributed by atoms with E-state index >= 15 is 0 Å². The lowest BCUT2D eigenvalue weighted by Crippen LogP contribution is -2.38. The first-order valence-electron chi connectivity index (χ1n) is 9.11. The van der Waals surface area contributed by atoms with E-state index in [-0.39, 0.29) is 25.2 Å². The zero-order chi connectivity index (χ0) is 21.6. The summed E-state index contributed by atoms with van der Waals surface area (Å²) in [7, 11) is 0. The molecule has 11 heteroatoms. The molecular weight excluding hydrogens is 398 g/mol.